The lowest BCUT2D eigenvalue weighted by Gasteiger charge is -2.18. The van der Waals surface area contributed by atoms with E-state index in [1.165, 1.54) is 0 Å². The van der Waals surface area contributed by atoms with Crippen molar-refractivity contribution >= 4 is 5.82 Å². The van der Waals surface area contributed by atoms with Gasteiger partial charge in [-0.2, -0.15) is 5.10 Å². The predicted octanol–water partition coefficient (Wildman–Crippen LogP) is 1.65. The molecule has 0 spiro atoms. The van der Waals surface area contributed by atoms with E-state index in [1.54, 1.807) is 23.3 Å². The van der Waals surface area contributed by atoms with Gasteiger partial charge in [0.2, 0.25) is 0 Å². The Hall–Kier alpha value is -2.70. The Morgan fingerprint density at radius 1 is 1.23 bits per heavy atom. The lowest BCUT2D eigenvalue weighted by molar-refractivity contribution is 0.745. The summed E-state index contributed by atoms with van der Waals surface area (Å²) in [6, 6.07) is 2.02. The molecule has 0 saturated carbocycles. The second-order valence-corrected chi connectivity index (χ2v) is 5.38. The van der Waals surface area contributed by atoms with Crippen LogP contribution in [0.4, 0.5) is 5.82 Å². The van der Waals surface area contributed by atoms with Crippen LogP contribution in [0.1, 0.15) is 17.2 Å². The van der Waals surface area contributed by atoms with Crippen molar-refractivity contribution in [3.63, 3.8) is 0 Å². The van der Waals surface area contributed by atoms with Crippen LogP contribution in [0.15, 0.2) is 30.9 Å². The molecule has 0 saturated heterocycles. The zero-order valence-corrected chi connectivity index (χ0v) is 13.2. The first-order valence-electron chi connectivity index (χ1n) is 7.07. The number of imidazole rings is 1. The zero-order valence-electron chi connectivity index (χ0n) is 13.2. The van der Waals surface area contributed by atoms with Gasteiger partial charge in [0.25, 0.3) is 0 Å². The molecule has 3 aromatic rings. The molecule has 0 unspecified atom stereocenters. The van der Waals surface area contributed by atoms with E-state index in [0.717, 1.165) is 28.8 Å². The summed E-state index contributed by atoms with van der Waals surface area (Å²) in [5.74, 6) is 2.48. The van der Waals surface area contributed by atoms with Crippen LogP contribution >= 0.6 is 0 Å². The van der Waals surface area contributed by atoms with Gasteiger partial charge in [-0.25, -0.2) is 14.6 Å². The molecule has 114 valence electrons. The van der Waals surface area contributed by atoms with Gasteiger partial charge in [-0.05, 0) is 19.9 Å². The molecule has 3 rings (SSSR count). The van der Waals surface area contributed by atoms with Crippen LogP contribution in [0, 0.1) is 13.8 Å². The van der Waals surface area contributed by atoms with Crippen molar-refractivity contribution in [2.45, 2.75) is 20.4 Å². The Balaban J connectivity index is 1.87. The minimum atomic E-state index is 0.665. The third-order valence-corrected chi connectivity index (χ3v) is 3.53. The predicted molar refractivity (Wildman–Crippen MR) is 83.9 cm³/mol. The van der Waals surface area contributed by atoms with Crippen molar-refractivity contribution in [2.24, 2.45) is 7.05 Å². The standard InChI is InChI=1S/C15H19N7/c1-11-7-12(2)22(19-11)14-9-16-8-13(18-14)21(4)10-15-17-5-6-20(15)3/h5-9H,10H2,1-4H3. The number of aryl methyl sites for hydroxylation is 3. The summed E-state index contributed by atoms with van der Waals surface area (Å²) < 4.78 is 3.80. The van der Waals surface area contributed by atoms with Gasteiger partial charge >= 0.3 is 0 Å². The SMILES string of the molecule is Cc1cc(C)n(-c2cncc(N(C)Cc3nccn3C)n2)n1. The molecule has 7 heteroatoms. The van der Waals surface area contributed by atoms with Crippen LogP contribution < -0.4 is 4.90 Å². The Kier molecular flexibility index (Phi) is 3.62. The molecular formula is C15H19N7. The largest absolute Gasteiger partial charge is 0.351 e. The maximum absolute atomic E-state index is 4.65. The Morgan fingerprint density at radius 3 is 2.68 bits per heavy atom. The second kappa shape index (κ2) is 5.59. The number of rotatable bonds is 4. The summed E-state index contributed by atoms with van der Waals surface area (Å²) in [5.41, 5.74) is 2.00. The van der Waals surface area contributed by atoms with Crippen molar-refractivity contribution < 1.29 is 0 Å². The van der Waals surface area contributed by atoms with Gasteiger partial charge in [-0.1, -0.05) is 0 Å². The van der Waals surface area contributed by atoms with Crippen molar-refractivity contribution in [1.29, 1.82) is 0 Å². The zero-order chi connectivity index (χ0) is 15.7. The highest BCUT2D eigenvalue weighted by molar-refractivity contribution is 5.39. The number of hydrogen-bond donors (Lipinski definition) is 0. The van der Waals surface area contributed by atoms with Crippen molar-refractivity contribution in [3.8, 4) is 5.82 Å². The highest BCUT2D eigenvalue weighted by Gasteiger charge is 2.11. The van der Waals surface area contributed by atoms with Crippen LogP contribution in [0.2, 0.25) is 0 Å². The van der Waals surface area contributed by atoms with Crippen molar-refractivity contribution in [3.05, 3.63) is 48.1 Å². The van der Waals surface area contributed by atoms with E-state index in [-0.39, 0.29) is 0 Å². The van der Waals surface area contributed by atoms with E-state index in [4.69, 9.17) is 0 Å². The first kappa shape index (κ1) is 14.2. The van der Waals surface area contributed by atoms with Crippen LogP contribution in [0.25, 0.3) is 5.82 Å². The number of nitrogens with zero attached hydrogens (tertiary/aromatic N) is 7. The average Bonchev–Trinajstić information content (AvgIpc) is 3.05. The maximum atomic E-state index is 4.65. The summed E-state index contributed by atoms with van der Waals surface area (Å²) in [5, 5.41) is 4.45. The summed E-state index contributed by atoms with van der Waals surface area (Å²) in [4.78, 5) is 15.3. The van der Waals surface area contributed by atoms with Gasteiger partial charge in [-0.15, -0.1) is 0 Å². The molecule has 3 heterocycles. The second-order valence-electron chi connectivity index (χ2n) is 5.38. The third kappa shape index (κ3) is 2.69. The molecular weight excluding hydrogens is 278 g/mol. The van der Waals surface area contributed by atoms with Crippen LogP contribution in [0.3, 0.4) is 0 Å². The minimum Gasteiger partial charge on any atom is -0.351 e. The molecule has 0 atom stereocenters. The van der Waals surface area contributed by atoms with E-state index in [2.05, 4.69) is 20.1 Å². The molecule has 0 fully saturated rings. The fraction of sp³-hybridized carbons (Fsp3) is 0.333. The lowest BCUT2D eigenvalue weighted by Crippen LogP contribution is -2.21. The van der Waals surface area contributed by atoms with Gasteiger partial charge in [-0.3, -0.25) is 4.98 Å². The highest BCUT2D eigenvalue weighted by atomic mass is 15.3. The van der Waals surface area contributed by atoms with E-state index in [0.29, 0.717) is 6.54 Å². The van der Waals surface area contributed by atoms with Gasteiger partial charge in [0.1, 0.15) is 11.6 Å². The molecule has 0 amide bonds. The molecule has 0 aliphatic rings. The first-order valence-corrected chi connectivity index (χ1v) is 7.07. The molecule has 22 heavy (non-hydrogen) atoms. The number of hydrogen-bond acceptors (Lipinski definition) is 5. The van der Waals surface area contributed by atoms with E-state index < -0.39 is 0 Å². The lowest BCUT2D eigenvalue weighted by atomic mass is 10.4. The third-order valence-electron chi connectivity index (χ3n) is 3.53. The highest BCUT2D eigenvalue weighted by Crippen LogP contribution is 2.14. The Morgan fingerprint density at radius 2 is 2.05 bits per heavy atom. The molecule has 0 aliphatic heterocycles. The summed E-state index contributed by atoms with van der Waals surface area (Å²) >= 11 is 0. The molecule has 0 aliphatic carbocycles. The number of aromatic nitrogens is 6. The molecule has 7 nitrogen and oxygen atoms in total. The summed E-state index contributed by atoms with van der Waals surface area (Å²) in [6.45, 7) is 4.64. The van der Waals surface area contributed by atoms with Crippen LogP contribution in [-0.4, -0.2) is 36.3 Å². The Bertz CT molecular complexity index is 787. The molecule has 0 N–H and O–H groups in total. The number of anilines is 1. The van der Waals surface area contributed by atoms with Crippen LogP contribution in [-0.2, 0) is 13.6 Å². The van der Waals surface area contributed by atoms with Gasteiger partial charge < -0.3 is 9.47 Å². The topological polar surface area (TPSA) is 64.7 Å². The summed E-state index contributed by atoms with van der Waals surface area (Å²) in [7, 11) is 3.96. The molecule has 0 radical (unpaired) electrons. The van der Waals surface area contributed by atoms with Crippen LogP contribution in [0.5, 0.6) is 0 Å². The van der Waals surface area contributed by atoms with Gasteiger partial charge in [0.05, 0.1) is 24.6 Å². The normalized spacial score (nSPS) is 10.9. The van der Waals surface area contributed by atoms with E-state index in [9.17, 15) is 0 Å². The molecule has 0 bridgehead atoms. The quantitative estimate of drug-likeness (QED) is 0.732. The average molecular weight is 297 g/mol. The molecule has 0 aromatic carbocycles. The van der Waals surface area contributed by atoms with E-state index in [1.807, 2.05) is 49.7 Å². The summed E-state index contributed by atoms with van der Waals surface area (Å²) in [6.07, 6.45) is 7.19. The fourth-order valence-electron chi connectivity index (χ4n) is 2.33. The fourth-order valence-corrected chi connectivity index (χ4v) is 2.33. The molecule has 3 aromatic heterocycles. The van der Waals surface area contributed by atoms with Gasteiger partial charge in [0.15, 0.2) is 5.82 Å². The smallest absolute Gasteiger partial charge is 0.174 e. The van der Waals surface area contributed by atoms with Crippen molar-refractivity contribution in [1.82, 2.24) is 29.3 Å². The monoisotopic (exact) mass is 297 g/mol. The Labute approximate surface area is 129 Å². The van der Waals surface area contributed by atoms with Crippen molar-refractivity contribution in [2.75, 3.05) is 11.9 Å². The maximum Gasteiger partial charge on any atom is 0.174 e. The van der Waals surface area contributed by atoms with Gasteiger partial charge in [0, 0.05) is 32.2 Å². The first-order chi connectivity index (χ1) is 10.5. The minimum absolute atomic E-state index is 0.665. The van der Waals surface area contributed by atoms with E-state index >= 15 is 0 Å².